The van der Waals surface area contributed by atoms with Crippen molar-refractivity contribution >= 4 is 23.6 Å². The van der Waals surface area contributed by atoms with Gasteiger partial charge in [-0.05, 0) is 51.5 Å². The molecule has 0 aliphatic carbocycles. The number of nitrogens with zero attached hydrogens (tertiary/aromatic N) is 1. The molecule has 0 aliphatic heterocycles. The Hall–Kier alpha value is -3.42. The number of benzene rings is 1. The van der Waals surface area contributed by atoms with E-state index in [2.05, 4.69) is 20.9 Å². The zero-order valence-corrected chi connectivity index (χ0v) is 17.0. The number of nitrogens with one attached hydrogen (secondary N) is 3. The molecule has 0 bridgehead atoms. The van der Waals surface area contributed by atoms with Crippen molar-refractivity contribution in [3.8, 4) is 0 Å². The Labute approximate surface area is 170 Å². The van der Waals surface area contributed by atoms with Gasteiger partial charge in [0.25, 0.3) is 11.8 Å². The highest BCUT2D eigenvalue weighted by atomic mass is 16.6. The first-order valence-electron chi connectivity index (χ1n) is 9.23. The van der Waals surface area contributed by atoms with Crippen LogP contribution in [-0.4, -0.2) is 41.6 Å². The zero-order chi connectivity index (χ0) is 21.4. The normalized spacial score (nSPS) is 10.8. The van der Waals surface area contributed by atoms with E-state index < -0.39 is 11.7 Å². The summed E-state index contributed by atoms with van der Waals surface area (Å²) in [6, 6.07) is 8.37. The number of carbonyl (C=O) groups is 3. The molecule has 0 fully saturated rings. The molecule has 0 aliphatic rings. The van der Waals surface area contributed by atoms with E-state index >= 15 is 0 Å². The summed E-state index contributed by atoms with van der Waals surface area (Å²) in [5, 5.41) is 8.09. The molecule has 0 radical (unpaired) electrons. The number of hydrogen-bond acceptors (Lipinski definition) is 5. The maximum Gasteiger partial charge on any atom is 0.407 e. The van der Waals surface area contributed by atoms with E-state index in [0.29, 0.717) is 16.8 Å². The lowest BCUT2D eigenvalue weighted by Gasteiger charge is -2.19. The molecule has 8 heteroatoms. The maximum atomic E-state index is 12.6. The van der Waals surface area contributed by atoms with Gasteiger partial charge in [-0.3, -0.25) is 14.6 Å². The Morgan fingerprint density at radius 2 is 1.62 bits per heavy atom. The van der Waals surface area contributed by atoms with Gasteiger partial charge >= 0.3 is 6.09 Å². The molecular weight excluding hydrogens is 372 g/mol. The fraction of sp³-hybridized carbons (Fsp3) is 0.333. The second-order valence-electron chi connectivity index (χ2n) is 7.37. The van der Waals surface area contributed by atoms with Crippen LogP contribution in [0.1, 0.15) is 47.1 Å². The monoisotopic (exact) mass is 398 g/mol. The van der Waals surface area contributed by atoms with Crippen molar-refractivity contribution in [3.63, 3.8) is 0 Å². The summed E-state index contributed by atoms with van der Waals surface area (Å²) < 4.78 is 5.14. The highest BCUT2D eigenvalue weighted by Gasteiger charge is 2.17. The lowest BCUT2D eigenvalue weighted by Crippen LogP contribution is -2.38. The van der Waals surface area contributed by atoms with Crippen molar-refractivity contribution in [1.29, 1.82) is 0 Å². The molecule has 29 heavy (non-hydrogen) atoms. The average Bonchev–Trinajstić information content (AvgIpc) is 2.66. The number of aryl methyl sites for hydroxylation is 1. The van der Waals surface area contributed by atoms with Crippen molar-refractivity contribution in [3.05, 3.63) is 59.4 Å². The molecule has 1 aromatic heterocycles. The lowest BCUT2D eigenvalue weighted by atomic mass is 10.1. The number of rotatable bonds is 6. The number of alkyl carbamates (subject to hydrolysis) is 1. The van der Waals surface area contributed by atoms with E-state index in [9.17, 15) is 14.4 Å². The first-order chi connectivity index (χ1) is 13.7. The molecule has 3 amide bonds. The molecule has 2 aromatic rings. The number of amides is 3. The van der Waals surface area contributed by atoms with Gasteiger partial charge in [0.05, 0.1) is 11.3 Å². The van der Waals surface area contributed by atoms with Crippen LogP contribution in [0.3, 0.4) is 0 Å². The number of anilines is 1. The molecule has 0 spiro atoms. The van der Waals surface area contributed by atoms with Crippen LogP contribution in [0.15, 0.2) is 42.7 Å². The number of aromatic nitrogens is 1. The van der Waals surface area contributed by atoms with Crippen LogP contribution in [0.5, 0.6) is 0 Å². The molecular formula is C21H26N4O4. The zero-order valence-electron chi connectivity index (χ0n) is 17.0. The number of pyridine rings is 1. The molecule has 0 atom stereocenters. The van der Waals surface area contributed by atoms with Gasteiger partial charge in [0.2, 0.25) is 0 Å². The molecule has 0 saturated heterocycles. The molecule has 0 saturated carbocycles. The summed E-state index contributed by atoms with van der Waals surface area (Å²) in [5.74, 6) is -0.688. The molecule has 154 valence electrons. The van der Waals surface area contributed by atoms with Gasteiger partial charge in [0.15, 0.2) is 0 Å². The van der Waals surface area contributed by atoms with Crippen LogP contribution in [0.2, 0.25) is 0 Å². The third kappa shape index (κ3) is 6.91. The third-order valence-corrected chi connectivity index (χ3v) is 3.78. The number of para-hydroxylation sites is 1. The van der Waals surface area contributed by atoms with Crippen LogP contribution in [0, 0.1) is 6.92 Å². The molecule has 3 N–H and O–H groups in total. The maximum absolute atomic E-state index is 12.6. The minimum absolute atomic E-state index is 0.212. The van der Waals surface area contributed by atoms with Crippen molar-refractivity contribution in [2.45, 2.75) is 33.3 Å². The Morgan fingerprint density at radius 1 is 0.966 bits per heavy atom. The quantitative estimate of drug-likeness (QED) is 0.648. The number of carbonyl (C=O) groups excluding carboxylic acids is 3. The smallest absolute Gasteiger partial charge is 0.407 e. The van der Waals surface area contributed by atoms with Crippen LogP contribution in [0.25, 0.3) is 0 Å². The fourth-order valence-electron chi connectivity index (χ4n) is 2.46. The summed E-state index contributed by atoms with van der Waals surface area (Å²) in [6.45, 7) is 7.55. The van der Waals surface area contributed by atoms with Gasteiger partial charge in [-0.2, -0.15) is 0 Å². The minimum atomic E-state index is -0.586. The van der Waals surface area contributed by atoms with E-state index in [0.717, 1.165) is 5.56 Å². The Kier molecular flexibility index (Phi) is 7.30. The van der Waals surface area contributed by atoms with E-state index in [-0.39, 0.29) is 24.9 Å². The summed E-state index contributed by atoms with van der Waals surface area (Å²) in [7, 11) is 0. The highest BCUT2D eigenvalue weighted by molar-refractivity contribution is 6.09. The van der Waals surface area contributed by atoms with Gasteiger partial charge < -0.3 is 20.7 Å². The summed E-state index contributed by atoms with van der Waals surface area (Å²) in [6.07, 6.45) is 2.50. The van der Waals surface area contributed by atoms with Gasteiger partial charge in [0, 0.05) is 31.0 Å². The number of hydrogen-bond donors (Lipinski definition) is 3. The summed E-state index contributed by atoms with van der Waals surface area (Å²) in [5.41, 5.74) is 1.39. The highest BCUT2D eigenvalue weighted by Crippen LogP contribution is 2.21. The Morgan fingerprint density at radius 3 is 2.28 bits per heavy atom. The van der Waals surface area contributed by atoms with Gasteiger partial charge in [-0.25, -0.2) is 4.79 Å². The van der Waals surface area contributed by atoms with Crippen LogP contribution < -0.4 is 16.0 Å². The topological polar surface area (TPSA) is 109 Å². The Balaban J connectivity index is 1.98. The van der Waals surface area contributed by atoms with Crippen molar-refractivity contribution in [2.75, 3.05) is 18.4 Å². The average molecular weight is 398 g/mol. The van der Waals surface area contributed by atoms with Crippen LogP contribution >= 0.6 is 0 Å². The van der Waals surface area contributed by atoms with E-state index in [1.807, 2.05) is 13.0 Å². The predicted octanol–water partition coefficient (Wildman–Crippen LogP) is 2.90. The van der Waals surface area contributed by atoms with Crippen molar-refractivity contribution in [1.82, 2.24) is 15.6 Å². The summed E-state index contributed by atoms with van der Waals surface area (Å²) in [4.78, 5) is 40.6. The second-order valence-corrected chi connectivity index (χ2v) is 7.37. The second kappa shape index (κ2) is 9.68. The first-order valence-corrected chi connectivity index (χ1v) is 9.23. The van der Waals surface area contributed by atoms with E-state index in [1.165, 1.54) is 12.4 Å². The molecule has 0 unspecified atom stereocenters. The first kappa shape index (κ1) is 21.9. The number of ether oxygens (including phenoxy) is 1. The van der Waals surface area contributed by atoms with E-state index in [1.54, 1.807) is 45.0 Å². The van der Waals surface area contributed by atoms with E-state index in [4.69, 9.17) is 4.74 Å². The van der Waals surface area contributed by atoms with Crippen molar-refractivity contribution < 1.29 is 19.1 Å². The predicted molar refractivity (Wildman–Crippen MR) is 110 cm³/mol. The molecule has 1 aromatic carbocycles. The Bertz CT molecular complexity index is 876. The minimum Gasteiger partial charge on any atom is -0.444 e. The molecule has 8 nitrogen and oxygen atoms in total. The van der Waals surface area contributed by atoms with Crippen LogP contribution in [0.4, 0.5) is 10.5 Å². The third-order valence-electron chi connectivity index (χ3n) is 3.78. The molecule has 2 rings (SSSR count). The SMILES string of the molecule is Cc1cccc(C(=O)NCCNC(=O)OC(C)(C)C)c1NC(=O)c1ccncc1. The summed E-state index contributed by atoms with van der Waals surface area (Å²) >= 11 is 0. The van der Waals surface area contributed by atoms with Crippen molar-refractivity contribution in [2.24, 2.45) is 0 Å². The fourth-order valence-corrected chi connectivity index (χ4v) is 2.46. The lowest BCUT2D eigenvalue weighted by molar-refractivity contribution is 0.0526. The van der Waals surface area contributed by atoms with Gasteiger partial charge in [0.1, 0.15) is 5.60 Å². The van der Waals surface area contributed by atoms with Gasteiger partial charge in [-0.1, -0.05) is 12.1 Å². The van der Waals surface area contributed by atoms with Gasteiger partial charge in [-0.15, -0.1) is 0 Å². The van der Waals surface area contributed by atoms with Crippen LogP contribution in [-0.2, 0) is 4.74 Å². The molecule has 1 heterocycles. The largest absolute Gasteiger partial charge is 0.444 e. The standard InChI is InChI=1S/C21H26N4O4/c1-14-6-5-7-16(17(14)25-18(26)15-8-10-22-11-9-15)19(27)23-12-13-24-20(28)29-21(2,3)4/h5-11H,12-13H2,1-4H3,(H,23,27)(H,24,28)(H,25,26).